The Morgan fingerprint density at radius 3 is 2.25 bits per heavy atom. The van der Waals surface area contributed by atoms with Crippen LogP contribution in [0.5, 0.6) is 0 Å². The van der Waals surface area contributed by atoms with Crippen molar-refractivity contribution in [3.05, 3.63) is 34.9 Å². The predicted octanol–water partition coefficient (Wildman–Crippen LogP) is 4.79. The SMILES string of the molecule is Cc1ccc(CC2(CNC(C)(C)C)CCCC2)cc1C. The van der Waals surface area contributed by atoms with Crippen LogP contribution in [0.4, 0.5) is 0 Å². The molecule has 1 N–H and O–H groups in total. The number of hydrogen-bond donors (Lipinski definition) is 1. The molecule has 112 valence electrons. The van der Waals surface area contributed by atoms with Crippen molar-refractivity contribution >= 4 is 0 Å². The molecule has 0 aliphatic heterocycles. The Morgan fingerprint density at radius 2 is 1.70 bits per heavy atom. The zero-order chi connectivity index (χ0) is 14.8. The highest BCUT2D eigenvalue weighted by Gasteiger charge is 2.34. The van der Waals surface area contributed by atoms with Gasteiger partial charge in [0.15, 0.2) is 0 Å². The van der Waals surface area contributed by atoms with Gasteiger partial charge in [0.1, 0.15) is 0 Å². The zero-order valence-electron chi connectivity index (χ0n) is 14.0. The molecule has 2 rings (SSSR count). The van der Waals surface area contributed by atoms with E-state index in [1.165, 1.54) is 48.8 Å². The summed E-state index contributed by atoms with van der Waals surface area (Å²) in [6.45, 7) is 12.4. The van der Waals surface area contributed by atoms with Gasteiger partial charge in [-0.2, -0.15) is 0 Å². The van der Waals surface area contributed by atoms with Crippen LogP contribution in [0.2, 0.25) is 0 Å². The van der Waals surface area contributed by atoms with E-state index in [2.05, 4.69) is 58.1 Å². The van der Waals surface area contributed by atoms with Gasteiger partial charge in [-0.3, -0.25) is 0 Å². The van der Waals surface area contributed by atoms with Crippen LogP contribution in [0.1, 0.15) is 63.1 Å². The summed E-state index contributed by atoms with van der Waals surface area (Å²) in [7, 11) is 0. The van der Waals surface area contributed by atoms with E-state index in [0.29, 0.717) is 5.41 Å². The van der Waals surface area contributed by atoms with Gasteiger partial charge in [-0.1, -0.05) is 31.0 Å². The van der Waals surface area contributed by atoms with Crippen LogP contribution >= 0.6 is 0 Å². The lowest BCUT2D eigenvalue weighted by atomic mass is 9.79. The Balaban J connectivity index is 2.10. The average molecular weight is 273 g/mol. The van der Waals surface area contributed by atoms with Crippen molar-refractivity contribution in [2.24, 2.45) is 5.41 Å². The third-order valence-corrected chi connectivity index (χ3v) is 4.81. The van der Waals surface area contributed by atoms with E-state index in [4.69, 9.17) is 0 Å². The number of benzene rings is 1. The fraction of sp³-hybridized carbons (Fsp3) is 0.684. The normalized spacial score (nSPS) is 18.4. The molecule has 1 aromatic rings. The van der Waals surface area contributed by atoms with Gasteiger partial charge in [-0.05, 0) is 76.0 Å². The van der Waals surface area contributed by atoms with Crippen molar-refractivity contribution in [2.45, 2.75) is 72.3 Å². The first-order valence-electron chi connectivity index (χ1n) is 8.11. The zero-order valence-corrected chi connectivity index (χ0v) is 14.0. The number of aryl methyl sites for hydroxylation is 2. The second kappa shape index (κ2) is 5.89. The highest BCUT2D eigenvalue weighted by molar-refractivity contribution is 5.30. The molecule has 1 nitrogen and oxygen atoms in total. The van der Waals surface area contributed by atoms with E-state index < -0.39 is 0 Å². The van der Waals surface area contributed by atoms with Crippen molar-refractivity contribution in [1.29, 1.82) is 0 Å². The molecule has 1 aliphatic carbocycles. The molecule has 0 unspecified atom stereocenters. The maximum Gasteiger partial charge on any atom is 0.00967 e. The minimum absolute atomic E-state index is 0.221. The molecule has 1 heteroatoms. The highest BCUT2D eigenvalue weighted by atomic mass is 15.0. The number of nitrogens with one attached hydrogen (secondary N) is 1. The van der Waals surface area contributed by atoms with E-state index in [9.17, 15) is 0 Å². The van der Waals surface area contributed by atoms with E-state index in [0.717, 1.165) is 6.54 Å². The largest absolute Gasteiger partial charge is 0.312 e. The minimum atomic E-state index is 0.221. The molecule has 20 heavy (non-hydrogen) atoms. The first kappa shape index (κ1) is 15.6. The van der Waals surface area contributed by atoms with Crippen molar-refractivity contribution in [3.63, 3.8) is 0 Å². The van der Waals surface area contributed by atoms with E-state index in [1.807, 2.05) is 0 Å². The molecule has 0 saturated heterocycles. The van der Waals surface area contributed by atoms with E-state index in [-0.39, 0.29) is 5.54 Å². The van der Waals surface area contributed by atoms with Gasteiger partial charge >= 0.3 is 0 Å². The molecular formula is C19H31N. The number of hydrogen-bond acceptors (Lipinski definition) is 1. The second-order valence-electron chi connectivity index (χ2n) is 7.91. The molecule has 0 spiro atoms. The van der Waals surface area contributed by atoms with Gasteiger partial charge in [0, 0.05) is 12.1 Å². The highest BCUT2D eigenvalue weighted by Crippen LogP contribution is 2.41. The van der Waals surface area contributed by atoms with Crippen molar-refractivity contribution in [2.75, 3.05) is 6.54 Å². The fourth-order valence-electron chi connectivity index (χ4n) is 3.34. The van der Waals surface area contributed by atoms with E-state index in [1.54, 1.807) is 0 Å². The summed E-state index contributed by atoms with van der Waals surface area (Å²) in [4.78, 5) is 0. The Hall–Kier alpha value is -0.820. The molecule has 1 fully saturated rings. The molecule has 0 amide bonds. The maximum absolute atomic E-state index is 3.75. The van der Waals surface area contributed by atoms with Crippen molar-refractivity contribution in [3.8, 4) is 0 Å². The standard InChI is InChI=1S/C19H31N/c1-15-8-9-17(12-16(15)2)13-19(10-6-7-11-19)14-20-18(3,4)5/h8-9,12,20H,6-7,10-11,13-14H2,1-5H3. The predicted molar refractivity (Wildman–Crippen MR) is 88.3 cm³/mol. The first-order valence-corrected chi connectivity index (χ1v) is 8.11. The molecule has 0 heterocycles. The van der Waals surface area contributed by atoms with Gasteiger partial charge in [-0.15, -0.1) is 0 Å². The molecule has 1 saturated carbocycles. The summed E-state index contributed by atoms with van der Waals surface area (Å²) in [6.07, 6.45) is 6.79. The molecule has 0 atom stereocenters. The molecular weight excluding hydrogens is 242 g/mol. The second-order valence-corrected chi connectivity index (χ2v) is 7.91. The Morgan fingerprint density at radius 1 is 1.05 bits per heavy atom. The lowest BCUT2D eigenvalue weighted by Gasteiger charge is -2.34. The molecule has 1 aliphatic rings. The van der Waals surface area contributed by atoms with Gasteiger partial charge < -0.3 is 5.32 Å². The van der Waals surface area contributed by atoms with Crippen LogP contribution in [-0.4, -0.2) is 12.1 Å². The Kier molecular flexibility index (Phi) is 4.59. The van der Waals surface area contributed by atoms with Gasteiger partial charge in [-0.25, -0.2) is 0 Å². The summed E-state index contributed by atoms with van der Waals surface area (Å²) in [5.74, 6) is 0. The van der Waals surface area contributed by atoms with Crippen LogP contribution in [0.25, 0.3) is 0 Å². The van der Waals surface area contributed by atoms with Crippen LogP contribution in [-0.2, 0) is 6.42 Å². The average Bonchev–Trinajstić information content (AvgIpc) is 2.80. The van der Waals surface area contributed by atoms with Crippen LogP contribution < -0.4 is 5.32 Å². The fourth-order valence-corrected chi connectivity index (χ4v) is 3.34. The summed E-state index contributed by atoms with van der Waals surface area (Å²) in [5, 5.41) is 3.75. The third kappa shape index (κ3) is 4.09. The lowest BCUT2D eigenvalue weighted by Crippen LogP contribution is -2.43. The molecule has 0 bridgehead atoms. The van der Waals surface area contributed by atoms with Crippen molar-refractivity contribution < 1.29 is 0 Å². The molecule has 0 radical (unpaired) electrons. The van der Waals surface area contributed by atoms with Gasteiger partial charge in [0.2, 0.25) is 0 Å². The monoisotopic (exact) mass is 273 g/mol. The van der Waals surface area contributed by atoms with Gasteiger partial charge in [0.05, 0.1) is 0 Å². The Labute approximate surface area is 125 Å². The number of rotatable bonds is 4. The summed E-state index contributed by atoms with van der Waals surface area (Å²) < 4.78 is 0. The van der Waals surface area contributed by atoms with Crippen molar-refractivity contribution in [1.82, 2.24) is 5.32 Å². The summed E-state index contributed by atoms with van der Waals surface area (Å²) in [6, 6.07) is 7.01. The molecule has 0 aromatic heterocycles. The molecule has 1 aromatic carbocycles. The maximum atomic E-state index is 3.75. The topological polar surface area (TPSA) is 12.0 Å². The first-order chi connectivity index (χ1) is 9.30. The minimum Gasteiger partial charge on any atom is -0.312 e. The third-order valence-electron chi connectivity index (χ3n) is 4.81. The van der Waals surface area contributed by atoms with Crippen LogP contribution in [0.3, 0.4) is 0 Å². The quantitative estimate of drug-likeness (QED) is 0.831. The summed E-state index contributed by atoms with van der Waals surface area (Å²) in [5.41, 5.74) is 5.06. The van der Waals surface area contributed by atoms with Crippen LogP contribution in [0.15, 0.2) is 18.2 Å². The summed E-state index contributed by atoms with van der Waals surface area (Å²) >= 11 is 0. The van der Waals surface area contributed by atoms with E-state index >= 15 is 0 Å². The van der Waals surface area contributed by atoms with Gasteiger partial charge in [0.25, 0.3) is 0 Å². The Bertz CT molecular complexity index is 447. The lowest BCUT2D eigenvalue weighted by molar-refractivity contribution is 0.245. The smallest absolute Gasteiger partial charge is 0.00967 e. The van der Waals surface area contributed by atoms with Crippen LogP contribution in [0, 0.1) is 19.3 Å².